The van der Waals surface area contributed by atoms with Crippen molar-refractivity contribution < 1.29 is 85.5 Å². The maximum absolute atomic E-state index is 15.0. The number of carbonyl (C=O) groups is 4. The van der Waals surface area contributed by atoms with Crippen LogP contribution in [0.2, 0.25) is 0 Å². The maximum atomic E-state index is 15.0. The molecule has 0 bridgehead atoms. The Morgan fingerprint density at radius 3 is 1.23 bits per heavy atom. The van der Waals surface area contributed by atoms with E-state index in [-0.39, 0.29) is 43.1 Å². The van der Waals surface area contributed by atoms with Crippen LogP contribution in [0.25, 0.3) is 20.9 Å². The zero-order chi connectivity index (χ0) is 68.8. The Labute approximate surface area is 577 Å². The number of benzene rings is 7. The molecule has 3 aliphatic rings. The molecule has 7 aromatic carbocycles. The molecule has 98 heavy (non-hydrogen) atoms. The molecule has 3 aliphatic heterocycles. The molecular weight excluding hydrogens is 1330 g/mol. The Balaban J connectivity index is 1.10. The van der Waals surface area contributed by atoms with Crippen molar-refractivity contribution in [2.24, 2.45) is 10.2 Å². The van der Waals surface area contributed by atoms with Crippen LogP contribution < -0.4 is 0 Å². The van der Waals surface area contributed by atoms with E-state index in [4.69, 9.17) is 107 Å². The molecule has 15 atom stereocenters. The largest absolute Gasteiger partial charge is 0.467 e. The van der Waals surface area contributed by atoms with Crippen molar-refractivity contribution in [3.05, 3.63) is 272 Å². The third kappa shape index (κ3) is 19.2. The number of carbonyl (C=O) groups excluding carboxylic acids is 4. The lowest BCUT2D eigenvalue weighted by Gasteiger charge is -2.50. The van der Waals surface area contributed by atoms with Gasteiger partial charge in [0.05, 0.1) is 50.2 Å². The number of halogens is 3. The van der Waals surface area contributed by atoms with Gasteiger partial charge in [0.15, 0.2) is 18.7 Å². The Hall–Kier alpha value is -8.98. The van der Waals surface area contributed by atoms with E-state index in [1.165, 1.54) is 24.3 Å². The van der Waals surface area contributed by atoms with Gasteiger partial charge in [-0.3, -0.25) is 5.41 Å². The molecule has 3 saturated heterocycles. The topological polar surface area (TPSA) is 319 Å². The van der Waals surface area contributed by atoms with Crippen LogP contribution >= 0.6 is 34.8 Å². The molecule has 0 radical (unpaired) electrons. The molecule has 6 unspecified atom stereocenters. The van der Waals surface area contributed by atoms with Crippen molar-refractivity contribution in [1.29, 1.82) is 5.41 Å². The molecule has 28 heteroatoms. The molecule has 1 N–H and O–H groups in total. The Kier molecular flexibility index (Phi) is 26.0. The summed E-state index contributed by atoms with van der Waals surface area (Å²) < 4.78 is 88.7. The van der Waals surface area contributed by atoms with Crippen LogP contribution in [0, 0.1) is 5.41 Å². The van der Waals surface area contributed by atoms with Crippen molar-refractivity contribution in [3.63, 3.8) is 0 Å². The van der Waals surface area contributed by atoms with Gasteiger partial charge in [-0.2, -0.15) is 0 Å². The number of esters is 4. The number of hydrogen-bond donors (Lipinski definition) is 1. The minimum absolute atomic E-state index is 0.00329. The van der Waals surface area contributed by atoms with Crippen molar-refractivity contribution in [2.45, 2.75) is 122 Å². The highest BCUT2D eigenvalue weighted by molar-refractivity contribution is 6.76. The van der Waals surface area contributed by atoms with E-state index in [1.54, 1.807) is 127 Å². The van der Waals surface area contributed by atoms with Gasteiger partial charge in [0.25, 0.3) is 3.79 Å². The van der Waals surface area contributed by atoms with Crippen molar-refractivity contribution in [2.75, 3.05) is 20.3 Å². The van der Waals surface area contributed by atoms with Crippen molar-refractivity contribution in [1.82, 2.24) is 0 Å². The van der Waals surface area contributed by atoms with E-state index in [1.807, 2.05) is 60.7 Å². The summed E-state index contributed by atoms with van der Waals surface area (Å²) >= 11 is 18.4. The van der Waals surface area contributed by atoms with Gasteiger partial charge in [0, 0.05) is 9.82 Å². The molecular formula is C70H66Cl3N7O18. The number of methoxy groups -OCH3 is 1. The summed E-state index contributed by atoms with van der Waals surface area (Å²) in [7, 11) is 1.08. The first-order valence-corrected chi connectivity index (χ1v) is 31.9. The van der Waals surface area contributed by atoms with Crippen LogP contribution in [0.15, 0.2) is 223 Å². The number of azide groups is 2. The number of hydrogen-bond acceptors (Lipinski definition) is 21. The molecule has 0 saturated carbocycles. The minimum Gasteiger partial charge on any atom is -0.467 e. The van der Waals surface area contributed by atoms with Gasteiger partial charge in [-0.05, 0) is 69.7 Å². The maximum Gasteiger partial charge on any atom is 0.338 e. The molecule has 0 spiro atoms. The van der Waals surface area contributed by atoms with Crippen molar-refractivity contribution >= 4 is 64.6 Å². The summed E-state index contributed by atoms with van der Waals surface area (Å²) in [5.41, 5.74) is 23.9. The Morgan fingerprint density at radius 1 is 0.439 bits per heavy atom. The molecule has 3 fully saturated rings. The van der Waals surface area contributed by atoms with E-state index < -0.39 is 139 Å². The summed E-state index contributed by atoms with van der Waals surface area (Å²) in [6.07, 6.45) is -21.8. The van der Waals surface area contributed by atoms with E-state index >= 15 is 0 Å². The highest BCUT2D eigenvalue weighted by Crippen LogP contribution is 2.40. The lowest BCUT2D eigenvalue weighted by molar-refractivity contribution is -0.370. The van der Waals surface area contributed by atoms with E-state index in [9.17, 15) is 30.2 Å². The summed E-state index contributed by atoms with van der Waals surface area (Å²) in [6.45, 7) is -1.83. The molecule has 0 amide bonds. The Morgan fingerprint density at radius 2 is 0.806 bits per heavy atom. The van der Waals surface area contributed by atoms with Crippen molar-refractivity contribution in [3.8, 4) is 0 Å². The summed E-state index contributed by atoms with van der Waals surface area (Å²) in [5, 5.41) is 16.8. The lowest BCUT2D eigenvalue weighted by atomic mass is 9.94. The number of rotatable bonds is 28. The monoisotopic (exact) mass is 1400 g/mol. The fourth-order valence-corrected chi connectivity index (χ4v) is 11.1. The molecule has 3 heterocycles. The van der Waals surface area contributed by atoms with Gasteiger partial charge in [-0.15, -0.1) is 0 Å². The number of nitrogens with zero attached hydrogens (tertiary/aromatic N) is 6. The highest BCUT2D eigenvalue weighted by atomic mass is 35.6. The number of ether oxygens (including phenoxy) is 14. The van der Waals surface area contributed by atoms with E-state index in [0.29, 0.717) is 16.7 Å². The van der Waals surface area contributed by atoms with Crippen LogP contribution in [-0.4, -0.2) is 146 Å². The fourth-order valence-electron chi connectivity index (χ4n) is 11.0. The van der Waals surface area contributed by atoms with Crippen LogP contribution in [0.4, 0.5) is 0 Å². The van der Waals surface area contributed by atoms with Gasteiger partial charge >= 0.3 is 23.9 Å². The molecule has 25 nitrogen and oxygen atoms in total. The molecule has 0 aromatic heterocycles. The zero-order valence-electron chi connectivity index (χ0n) is 52.3. The van der Waals surface area contributed by atoms with Gasteiger partial charge in [0.2, 0.25) is 12.2 Å². The average molecular weight is 1400 g/mol. The second kappa shape index (κ2) is 35.5. The highest BCUT2D eigenvalue weighted by Gasteiger charge is 2.59. The Bertz CT molecular complexity index is 3820. The zero-order valence-corrected chi connectivity index (χ0v) is 54.5. The second-order valence-corrected chi connectivity index (χ2v) is 24.6. The third-order valence-electron chi connectivity index (χ3n) is 15.8. The van der Waals surface area contributed by atoms with Gasteiger partial charge < -0.3 is 66.3 Å². The van der Waals surface area contributed by atoms with Crippen LogP contribution in [-0.2, 0) is 97.5 Å². The number of nitrogens with one attached hydrogen (secondary N) is 1. The molecule has 10 rings (SSSR count). The first kappa shape index (κ1) is 71.8. The van der Waals surface area contributed by atoms with Gasteiger partial charge in [-0.1, -0.05) is 221 Å². The smallest absolute Gasteiger partial charge is 0.338 e. The molecule has 7 aromatic rings. The predicted molar refractivity (Wildman–Crippen MR) is 352 cm³/mol. The van der Waals surface area contributed by atoms with Gasteiger partial charge in [0.1, 0.15) is 80.2 Å². The normalized spacial score (nSPS) is 25.2. The predicted octanol–water partition coefficient (Wildman–Crippen LogP) is 12.1. The quantitative estimate of drug-likeness (QED) is 0.00696. The standard InChI is InChI=1S/C70H66Cl3N7O18/c1-85-65(84)60-59(96-66-52(77-79-75)56(87-38-44-25-11-3-12-26-44)54(86-37-43-23-9-2-10-24-43)50(92-66)41-90-62(81)47-31-17-6-18-32-47)58(88-39-45-27-13-4-14-28-45)61(89-40-46-29-15-5-16-30-46)68(97-60)95-55-51(42-91-63(82)48-33-19-7-20-34-48)93-67(98-69(74)70(71,72)73)53(78-80-76)57(55)94-64(83)49-35-21-8-22-36-49/h2-36,50-61,66-68,74H,37-42H2,1H3/t50?,51?,52?,53?,54-,55-,56-,57-,58-,59+,60?,61?,66+,67+,68-/m1/s1. The summed E-state index contributed by atoms with van der Waals surface area (Å²) in [6, 6.07) is 56.5. The van der Waals surface area contributed by atoms with Crippen LogP contribution in [0.5, 0.6) is 0 Å². The SMILES string of the molecule is COC(=O)C1O[C@@H](O[C@@H]2C(COC(=O)c3ccccc3)O[C@@H](OC(=N)C(Cl)(Cl)Cl)C(N=[N+]=[N-])[C@H]2OC(=O)c2ccccc2)C(OCc2ccccc2)[C@H](OCc2ccccc2)[C@@H]1O[C@@H]1OC(COC(=O)c2ccccc2)[C@@H](OCc2ccccc2)[C@H](OCc2ccccc2)C1N=[N+]=[N-]. The first-order valence-electron chi connectivity index (χ1n) is 30.8. The lowest BCUT2D eigenvalue weighted by Crippen LogP contribution is -2.68. The minimum atomic E-state index is -2.54. The van der Waals surface area contributed by atoms with E-state index in [0.717, 1.165) is 12.7 Å². The molecule has 510 valence electrons. The summed E-state index contributed by atoms with van der Waals surface area (Å²) in [5.74, 6) is -4.72. The van der Waals surface area contributed by atoms with Crippen LogP contribution in [0.1, 0.15) is 53.3 Å². The fraction of sp³-hybridized carbons (Fsp3) is 0.329. The second-order valence-electron chi connectivity index (χ2n) is 22.3. The molecule has 0 aliphatic carbocycles. The number of alkyl halides is 3. The van der Waals surface area contributed by atoms with Crippen LogP contribution in [0.3, 0.4) is 0 Å². The summed E-state index contributed by atoms with van der Waals surface area (Å²) in [4.78, 5) is 63.5. The third-order valence-corrected chi connectivity index (χ3v) is 16.3. The van der Waals surface area contributed by atoms with Gasteiger partial charge in [-0.25, -0.2) is 19.2 Å². The van der Waals surface area contributed by atoms with E-state index in [2.05, 4.69) is 20.1 Å². The average Bonchev–Trinajstić information content (AvgIpc) is 0.762. The first-order chi connectivity index (χ1) is 47.7.